The summed E-state index contributed by atoms with van der Waals surface area (Å²) in [5.74, 6) is -0.600. The molecule has 166 valence electrons. The van der Waals surface area contributed by atoms with Crippen molar-refractivity contribution in [2.75, 3.05) is 6.61 Å². The van der Waals surface area contributed by atoms with E-state index in [1.807, 2.05) is 0 Å². The van der Waals surface area contributed by atoms with Crippen LogP contribution in [0.2, 0.25) is 0 Å². The van der Waals surface area contributed by atoms with Gasteiger partial charge in [-0.2, -0.15) is 26.3 Å². The molecule has 0 aliphatic heterocycles. The molecule has 0 aromatic heterocycles. The van der Waals surface area contributed by atoms with Gasteiger partial charge in [0.1, 0.15) is 11.5 Å². The minimum atomic E-state index is -4.97. The van der Waals surface area contributed by atoms with Crippen molar-refractivity contribution in [2.45, 2.75) is 43.8 Å². The van der Waals surface area contributed by atoms with Gasteiger partial charge in [0.15, 0.2) is 0 Å². The molecular weight excluding hydrogens is 416 g/mol. The Balaban J connectivity index is 2.26. The maximum absolute atomic E-state index is 12.9. The second-order valence-corrected chi connectivity index (χ2v) is 7.16. The molecule has 30 heavy (non-hydrogen) atoms. The zero-order chi connectivity index (χ0) is 22.7. The van der Waals surface area contributed by atoms with Crippen molar-refractivity contribution < 1.29 is 41.3 Å². The van der Waals surface area contributed by atoms with Gasteiger partial charge in [-0.25, -0.2) is 0 Å². The van der Waals surface area contributed by atoms with Gasteiger partial charge >= 0.3 is 12.4 Å². The van der Waals surface area contributed by atoms with Crippen LogP contribution in [0.4, 0.5) is 26.3 Å². The number of halogens is 6. The van der Waals surface area contributed by atoms with E-state index in [-0.39, 0.29) is 31.3 Å². The molecule has 4 N–H and O–H groups in total. The Morgan fingerprint density at radius 2 is 1.37 bits per heavy atom. The molecule has 2 aromatic rings. The molecule has 0 aliphatic carbocycles. The van der Waals surface area contributed by atoms with Gasteiger partial charge in [0.2, 0.25) is 0 Å². The maximum atomic E-state index is 12.9. The summed E-state index contributed by atoms with van der Waals surface area (Å²) in [6, 6.07) is 6.70. The van der Waals surface area contributed by atoms with Crippen LogP contribution in [-0.2, 0) is 17.9 Å². The van der Waals surface area contributed by atoms with Crippen LogP contribution in [0.3, 0.4) is 0 Å². The van der Waals surface area contributed by atoms with Gasteiger partial charge in [-0.05, 0) is 55.7 Å². The molecule has 0 amide bonds. The highest BCUT2D eigenvalue weighted by Gasteiger charge is 2.37. The van der Waals surface area contributed by atoms with Crippen molar-refractivity contribution in [3.63, 3.8) is 0 Å². The predicted octanol–water partition coefficient (Wildman–Crippen LogP) is 4.82. The average Bonchev–Trinajstić information content (AvgIpc) is 2.60. The number of hydrogen-bond acceptors (Lipinski definition) is 4. The highest BCUT2D eigenvalue weighted by atomic mass is 19.4. The lowest BCUT2D eigenvalue weighted by molar-refractivity contribution is -0.143. The van der Waals surface area contributed by atoms with Crippen LogP contribution in [0, 0.1) is 0 Å². The topological polar surface area (TPSA) is 75.7 Å². The van der Waals surface area contributed by atoms with Crippen molar-refractivity contribution in [2.24, 2.45) is 5.73 Å². The number of aliphatic hydroxyl groups excluding tert-OH is 2. The summed E-state index contributed by atoms with van der Waals surface area (Å²) in [5.41, 5.74) is 2.81. The number of rotatable bonds is 7. The quantitative estimate of drug-likeness (QED) is 0.543. The Bertz CT molecular complexity index is 815. The number of nitrogens with two attached hydrogens (primary N) is 1. The summed E-state index contributed by atoms with van der Waals surface area (Å²) < 4.78 is 82.9. The zero-order valence-electron chi connectivity index (χ0n) is 15.9. The molecule has 0 saturated carbocycles. The molecule has 0 radical (unpaired) electrons. The molecule has 0 fully saturated rings. The summed E-state index contributed by atoms with van der Waals surface area (Å²) in [6.45, 7) is 1.44. The van der Waals surface area contributed by atoms with E-state index >= 15 is 0 Å². The molecule has 2 rings (SSSR count). The van der Waals surface area contributed by atoms with Crippen LogP contribution in [0.5, 0.6) is 11.5 Å². The van der Waals surface area contributed by atoms with E-state index in [4.69, 9.17) is 15.6 Å². The summed E-state index contributed by atoms with van der Waals surface area (Å²) >= 11 is 0. The predicted molar refractivity (Wildman–Crippen MR) is 96.8 cm³/mol. The zero-order valence-corrected chi connectivity index (χ0v) is 15.9. The minimum Gasteiger partial charge on any atom is -0.457 e. The highest BCUT2D eigenvalue weighted by Crippen LogP contribution is 2.39. The lowest BCUT2D eigenvalue weighted by Gasteiger charge is -2.28. The monoisotopic (exact) mass is 437 g/mol. The molecule has 0 saturated heterocycles. The van der Waals surface area contributed by atoms with E-state index in [9.17, 15) is 31.4 Å². The first-order chi connectivity index (χ1) is 13.7. The van der Waals surface area contributed by atoms with Gasteiger partial charge in [0.25, 0.3) is 0 Å². The lowest BCUT2D eigenvalue weighted by atomic mass is 9.87. The summed E-state index contributed by atoms with van der Waals surface area (Å²) in [6.07, 6.45) is -10.5. The van der Waals surface area contributed by atoms with Crippen molar-refractivity contribution in [1.82, 2.24) is 0 Å². The van der Waals surface area contributed by atoms with Crippen molar-refractivity contribution in [3.05, 3.63) is 59.2 Å². The third-order valence-corrected chi connectivity index (χ3v) is 4.43. The van der Waals surface area contributed by atoms with Crippen molar-refractivity contribution >= 4 is 0 Å². The van der Waals surface area contributed by atoms with Crippen LogP contribution in [0.1, 0.15) is 36.5 Å². The van der Waals surface area contributed by atoms with Gasteiger partial charge in [-0.1, -0.05) is 12.1 Å². The third-order valence-electron chi connectivity index (χ3n) is 4.43. The summed E-state index contributed by atoms with van der Waals surface area (Å²) in [7, 11) is 0. The SMILES string of the molecule is CC(N)(CC(O)CCO)c1ccc(Oc2cc(C(F)(F)F)cc(C(F)(F)F)c2)cc1. The minimum absolute atomic E-state index is 0.0119. The highest BCUT2D eigenvalue weighted by molar-refractivity contribution is 5.41. The first-order valence-corrected chi connectivity index (χ1v) is 8.88. The van der Waals surface area contributed by atoms with Crippen LogP contribution in [0.15, 0.2) is 42.5 Å². The van der Waals surface area contributed by atoms with Gasteiger partial charge in [-0.3, -0.25) is 0 Å². The van der Waals surface area contributed by atoms with E-state index in [2.05, 4.69) is 0 Å². The van der Waals surface area contributed by atoms with Gasteiger partial charge < -0.3 is 20.7 Å². The van der Waals surface area contributed by atoms with E-state index in [1.54, 1.807) is 6.92 Å². The Kier molecular flexibility index (Phi) is 7.05. The van der Waals surface area contributed by atoms with E-state index in [1.165, 1.54) is 24.3 Å². The molecule has 0 heterocycles. The second-order valence-electron chi connectivity index (χ2n) is 7.16. The van der Waals surface area contributed by atoms with E-state index in [0.717, 1.165) is 0 Å². The Hall–Kier alpha value is -2.30. The van der Waals surface area contributed by atoms with Crippen LogP contribution >= 0.6 is 0 Å². The normalized spacial score (nSPS) is 15.5. The van der Waals surface area contributed by atoms with E-state index < -0.39 is 40.9 Å². The fraction of sp³-hybridized carbons (Fsp3) is 0.400. The lowest BCUT2D eigenvalue weighted by Crippen LogP contribution is -2.37. The van der Waals surface area contributed by atoms with Gasteiger partial charge in [0.05, 0.1) is 17.2 Å². The Morgan fingerprint density at radius 3 is 1.80 bits per heavy atom. The summed E-state index contributed by atoms with van der Waals surface area (Å²) in [4.78, 5) is 0. The third kappa shape index (κ3) is 6.35. The molecule has 2 unspecified atom stereocenters. The van der Waals surface area contributed by atoms with Crippen molar-refractivity contribution in [3.8, 4) is 11.5 Å². The molecule has 0 aliphatic rings. The largest absolute Gasteiger partial charge is 0.457 e. The molecule has 10 heteroatoms. The molecule has 4 nitrogen and oxygen atoms in total. The number of ether oxygens (including phenoxy) is 1. The number of aliphatic hydroxyl groups is 2. The van der Waals surface area contributed by atoms with Crippen LogP contribution in [0.25, 0.3) is 0 Å². The van der Waals surface area contributed by atoms with Crippen molar-refractivity contribution in [1.29, 1.82) is 0 Å². The standard InChI is InChI=1S/C20H21F6NO3/c1-18(27,11-15(29)6-7-28)12-2-4-16(5-3-12)30-17-9-13(19(21,22)23)8-14(10-17)20(24,25)26/h2-5,8-10,15,28-29H,6-7,11,27H2,1H3. The number of benzene rings is 2. The van der Waals surface area contributed by atoms with E-state index in [0.29, 0.717) is 17.7 Å². The maximum Gasteiger partial charge on any atom is 0.416 e. The molecule has 0 bridgehead atoms. The van der Waals surface area contributed by atoms with Crippen LogP contribution < -0.4 is 10.5 Å². The molecule has 2 atom stereocenters. The fourth-order valence-electron chi connectivity index (χ4n) is 2.88. The van der Waals surface area contributed by atoms with Gasteiger partial charge in [-0.15, -0.1) is 0 Å². The molecule has 2 aromatic carbocycles. The Labute approximate surface area is 168 Å². The van der Waals surface area contributed by atoms with Gasteiger partial charge in [0, 0.05) is 12.1 Å². The number of alkyl halides is 6. The fourth-order valence-corrected chi connectivity index (χ4v) is 2.88. The smallest absolute Gasteiger partial charge is 0.416 e. The molecule has 0 spiro atoms. The average molecular weight is 437 g/mol. The second kappa shape index (κ2) is 8.83. The first-order valence-electron chi connectivity index (χ1n) is 8.88. The molecular formula is C20H21F6NO3. The van der Waals surface area contributed by atoms with Crippen LogP contribution in [-0.4, -0.2) is 22.9 Å². The summed E-state index contributed by atoms with van der Waals surface area (Å²) in [5, 5.41) is 18.7. The number of hydrogen-bond donors (Lipinski definition) is 3. The Morgan fingerprint density at radius 1 is 0.867 bits per heavy atom. The first kappa shape index (κ1) is 24.0.